The lowest BCUT2D eigenvalue weighted by atomic mass is 9.78. The summed E-state index contributed by atoms with van der Waals surface area (Å²) < 4.78 is 12.6. The molecule has 1 saturated carbocycles. The number of unbranched alkanes of at least 4 members (excludes halogenated alkanes) is 1. The van der Waals surface area contributed by atoms with E-state index in [0.29, 0.717) is 17.8 Å². The highest BCUT2D eigenvalue weighted by Crippen LogP contribution is 2.40. The monoisotopic (exact) mass is 448 g/mol. The quantitative estimate of drug-likeness (QED) is 0.381. The van der Waals surface area contributed by atoms with Crippen LogP contribution in [0.4, 0.5) is 0 Å². The molecule has 1 aliphatic carbocycles. The van der Waals surface area contributed by atoms with Crippen LogP contribution in [-0.4, -0.2) is 13.2 Å². The molecule has 4 rings (SSSR count). The van der Waals surface area contributed by atoms with Gasteiger partial charge < -0.3 is 9.47 Å². The molecule has 1 atom stereocenters. The summed E-state index contributed by atoms with van der Waals surface area (Å²) in [6.45, 7) is 8.40. The molecule has 0 spiro atoms. The van der Waals surface area contributed by atoms with E-state index in [1.807, 2.05) is 0 Å². The van der Waals surface area contributed by atoms with E-state index in [1.54, 1.807) is 5.56 Å². The minimum Gasteiger partial charge on any atom is -0.348 e. The largest absolute Gasteiger partial charge is 0.348 e. The van der Waals surface area contributed by atoms with Gasteiger partial charge in [-0.15, -0.1) is 0 Å². The maximum absolute atomic E-state index is 6.29. The summed E-state index contributed by atoms with van der Waals surface area (Å²) >= 11 is 0. The minimum absolute atomic E-state index is 0.233. The van der Waals surface area contributed by atoms with Crippen molar-refractivity contribution in [2.45, 2.75) is 109 Å². The highest BCUT2D eigenvalue weighted by molar-refractivity contribution is 5.39. The Morgan fingerprint density at radius 3 is 2.21 bits per heavy atom. The van der Waals surface area contributed by atoms with Gasteiger partial charge in [0, 0.05) is 11.5 Å². The first-order chi connectivity index (χ1) is 16.2. The van der Waals surface area contributed by atoms with E-state index in [9.17, 15) is 0 Å². The van der Waals surface area contributed by atoms with Gasteiger partial charge >= 0.3 is 0 Å². The summed E-state index contributed by atoms with van der Waals surface area (Å²) in [5.74, 6) is 1.67. The van der Waals surface area contributed by atoms with Crippen LogP contribution in [0.3, 0.4) is 0 Å². The molecule has 0 N–H and O–H groups in total. The van der Waals surface area contributed by atoms with Crippen molar-refractivity contribution < 1.29 is 9.47 Å². The summed E-state index contributed by atoms with van der Waals surface area (Å²) in [6, 6.07) is 16.2. The molecule has 2 heteroatoms. The van der Waals surface area contributed by atoms with E-state index < -0.39 is 0 Å². The summed E-state index contributed by atoms with van der Waals surface area (Å²) in [7, 11) is 0. The third-order valence-corrected chi connectivity index (χ3v) is 7.85. The Balaban J connectivity index is 1.46. The number of rotatable bonds is 9. The summed E-state index contributed by atoms with van der Waals surface area (Å²) in [5.41, 5.74) is 7.13. The predicted octanol–water partition coefficient (Wildman–Crippen LogP) is 8.81. The SMILES string of the molecule is CCCCc1ccc(C2OCC(c3ccc(C(C)CCC)cc3C3CCCCC3)CO2)cc1. The summed E-state index contributed by atoms with van der Waals surface area (Å²) in [5, 5.41) is 0. The van der Waals surface area contributed by atoms with E-state index in [-0.39, 0.29) is 6.29 Å². The highest BCUT2D eigenvalue weighted by atomic mass is 16.7. The predicted molar refractivity (Wildman–Crippen MR) is 138 cm³/mol. The molecular weight excluding hydrogens is 404 g/mol. The number of hydrogen-bond acceptors (Lipinski definition) is 2. The number of hydrogen-bond donors (Lipinski definition) is 0. The van der Waals surface area contributed by atoms with Gasteiger partial charge in [0.2, 0.25) is 0 Å². The van der Waals surface area contributed by atoms with Crippen LogP contribution in [0.25, 0.3) is 0 Å². The van der Waals surface area contributed by atoms with Gasteiger partial charge in [-0.2, -0.15) is 0 Å². The Bertz CT molecular complexity index is 842. The lowest BCUT2D eigenvalue weighted by molar-refractivity contribution is -0.191. The molecule has 1 unspecified atom stereocenters. The standard InChI is InChI=1S/C31H44O2/c1-4-6-11-24-14-16-26(17-15-24)31-32-21-28(22-33-31)29-19-18-27(23(3)10-5-2)20-30(29)25-12-8-7-9-13-25/h14-20,23,25,28,31H,4-13,21-22H2,1-3H3. The van der Waals surface area contributed by atoms with Crippen LogP contribution in [0.15, 0.2) is 42.5 Å². The van der Waals surface area contributed by atoms with E-state index >= 15 is 0 Å². The molecule has 2 nitrogen and oxygen atoms in total. The van der Waals surface area contributed by atoms with Crippen molar-refractivity contribution in [2.75, 3.05) is 13.2 Å². The van der Waals surface area contributed by atoms with Crippen molar-refractivity contribution in [1.82, 2.24) is 0 Å². The van der Waals surface area contributed by atoms with Crippen LogP contribution in [0.1, 0.15) is 130 Å². The first-order valence-corrected chi connectivity index (χ1v) is 13.6. The van der Waals surface area contributed by atoms with E-state index in [2.05, 4.69) is 63.2 Å². The molecule has 2 aromatic carbocycles. The summed E-state index contributed by atoms with van der Waals surface area (Å²) in [6.07, 6.45) is 12.7. The van der Waals surface area contributed by atoms with Crippen molar-refractivity contribution >= 4 is 0 Å². The van der Waals surface area contributed by atoms with Gasteiger partial charge in [-0.1, -0.05) is 95.3 Å². The number of benzene rings is 2. The summed E-state index contributed by atoms with van der Waals surface area (Å²) in [4.78, 5) is 0. The topological polar surface area (TPSA) is 18.5 Å². The van der Waals surface area contributed by atoms with Crippen molar-refractivity contribution in [3.63, 3.8) is 0 Å². The molecule has 33 heavy (non-hydrogen) atoms. The zero-order valence-electron chi connectivity index (χ0n) is 21.2. The van der Waals surface area contributed by atoms with Crippen LogP contribution in [0.5, 0.6) is 0 Å². The second-order valence-electron chi connectivity index (χ2n) is 10.5. The molecule has 2 aliphatic rings. The molecule has 0 aromatic heterocycles. The first-order valence-electron chi connectivity index (χ1n) is 13.6. The van der Waals surface area contributed by atoms with Gasteiger partial charge in [0.15, 0.2) is 6.29 Å². The molecule has 1 heterocycles. The molecule has 1 saturated heterocycles. The number of aryl methyl sites for hydroxylation is 1. The third-order valence-electron chi connectivity index (χ3n) is 7.85. The van der Waals surface area contributed by atoms with Crippen molar-refractivity contribution in [2.24, 2.45) is 0 Å². The van der Waals surface area contributed by atoms with E-state index in [0.717, 1.165) is 25.2 Å². The maximum atomic E-state index is 6.29. The highest BCUT2D eigenvalue weighted by Gasteiger charge is 2.29. The lowest BCUT2D eigenvalue weighted by Crippen LogP contribution is -2.27. The molecule has 0 bridgehead atoms. The van der Waals surface area contributed by atoms with E-state index in [4.69, 9.17) is 9.47 Å². The first kappa shape index (κ1) is 24.5. The normalized spacial score (nSPS) is 22.9. The van der Waals surface area contributed by atoms with Crippen molar-refractivity contribution in [3.05, 3.63) is 70.3 Å². The van der Waals surface area contributed by atoms with Gasteiger partial charge in [-0.3, -0.25) is 0 Å². The Morgan fingerprint density at radius 2 is 1.55 bits per heavy atom. The number of ether oxygens (including phenoxy) is 2. The van der Waals surface area contributed by atoms with Gasteiger partial charge in [-0.25, -0.2) is 0 Å². The van der Waals surface area contributed by atoms with Crippen LogP contribution in [-0.2, 0) is 15.9 Å². The van der Waals surface area contributed by atoms with Gasteiger partial charge in [-0.05, 0) is 66.2 Å². The second-order valence-corrected chi connectivity index (χ2v) is 10.5. The van der Waals surface area contributed by atoms with Gasteiger partial charge in [0.1, 0.15) is 0 Å². The molecule has 2 aromatic rings. The lowest BCUT2D eigenvalue weighted by Gasteiger charge is -2.33. The Morgan fingerprint density at radius 1 is 0.818 bits per heavy atom. The third kappa shape index (κ3) is 6.28. The fourth-order valence-corrected chi connectivity index (χ4v) is 5.74. The van der Waals surface area contributed by atoms with E-state index in [1.165, 1.54) is 74.5 Å². The Labute approximate surface area is 202 Å². The van der Waals surface area contributed by atoms with Gasteiger partial charge in [0.25, 0.3) is 0 Å². The fraction of sp³-hybridized carbons (Fsp3) is 0.613. The zero-order valence-corrected chi connectivity index (χ0v) is 21.2. The second kappa shape index (κ2) is 12.2. The molecular formula is C31H44O2. The average molecular weight is 449 g/mol. The Hall–Kier alpha value is -1.64. The molecule has 1 aliphatic heterocycles. The van der Waals surface area contributed by atoms with Crippen molar-refractivity contribution in [3.8, 4) is 0 Å². The smallest absolute Gasteiger partial charge is 0.183 e. The fourth-order valence-electron chi connectivity index (χ4n) is 5.74. The molecule has 180 valence electrons. The van der Waals surface area contributed by atoms with Crippen LogP contribution in [0, 0.1) is 0 Å². The zero-order chi connectivity index (χ0) is 23.0. The maximum Gasteiger partial charge on any atom is 0.183 e. The van der Waals surface area contributed by atoms with Crippen LogP contribution >= 0.6 is 0 Å². The van der Waals surface area contributed by atoms with Crippen LogP contribution < -0.4 is 0 Å². The molecule has 0 radical (unpaired) electrons. The van der Waals surface area contributed by atoms with Crippen LogP contribution in [0.2, 0.25) is 0 Å². The van der Waals surface area contributed by atoms with Gasteiger partial charge in [0.05, 0.1) is 13.2 Å². The average Bonchev–Trinajstić information content (AvgIpc) is 2.88. The minimum atomic E-state index is -0.233. The van der Waals surface area contributed by atoms with Crippen molar-refractivity contribution in [1.29, 1.82) is 0 Å². The molecule has 2 fully saturated rings. The Kier molecular flexibility index (Phi) is 9.03. The molecule has 0 amide bonds.